The Balaban J connectivity index is 2.48. The first kappa shape index (κ1) is 11.1. The lowest BCUT2D eigenvalue weighted by atomic mass is 10.1. The third kappa shape index (κ3) is 3.42. The Hall–Kier alpha value is -0.960. The van der Waals surface area contributed by atoms with E-state index in [0.29, 0.717) is 11.4 Å². The van der Waals surface area contributed by atoms with E-state index in [1.807, 2.05) is 0 Å². The van der Waals surface area contributed by atoms with Gasteiger partial charge in [0.2, 0.25) is 0 Å². The van der Waals surface area contributed by atoms with Crippen LogP contribution in [-0.4, -0.2) is 17.3 Å². The predicted octanol–water partition coefficient (Wildman–Crippen LogP) is 2.59. The summed E-state index contributed by atoms with van der Waals surface area (Å²) in [5, 5.41) is 0. The summed E-state index contributed by atoms with van der Waals surface area (Å²) in [6.07, 6.45) is 1.11. The lowest BCUT2D eigenvalue weighted by molar-refractivity contribution is 0.102. The first-order valence-corrected chi connectivity index (χ1v) is 5.86. The van der Waals surface area contributed by atoms with Crippen molar-refractivity contribution in [3.8, 4) is 0 Å². The van der Waals surface area contributed by atoms with Gasteiger partial charge in [0.05, 0.1) is 5.75 Å². The summed E-state index contributed by atoms with van der Waals surface area (Å²) < 4.78 is 0. The molecule has 76 valence electrons. The highest BCUT2D eigenvalue weighted by molar-refractivity contribution is 7.99. The maximum atomic E-state index is 11.6. The van der Waals surface area contributed by atoms with Crippen LogP contribution in [0.2, 0.25) is 0 Å². The molecule has 1 rings (SSSR count). The third-order valence-electron chi connectivity index (χ3n) is 1.81. The molecular formula is C11H15NOS. The maximum Gasteiger partial charge on any atom is 0.172 e. The molecule has 0 aliphatic rings. The monoisotopic (exact) mass is 209 g/mol. The van der Waals surface area contributed by atoms with Crippen LogP contribution in [0.3, 0.4) is 0 Å². The third-order valence-corrected chi connectivity index (χ3v) is 2.98. The molecule has 3 heteroatoms. The Morgan fingerprint density at radius 1 is 1.36 bits per heavy atom. The van der Waals surface area contributed by atoms with Gasteiger partial charge in [0, 0.05) is 11.3 Å². The van der Waals surface area contributed by atoms with E-state index in [0.717, 1.165) is 17.7 Å². The van der Waals surface area contributed by atoms with Crippen molar-refractivity contribution in [3.05, 3.63) is 29.8 Å². The van der Waals surface area contributed by atoms with E-state index in [2.05, 4.69) is 6.92 Å². The van der Waals surface area contributed by atoms with Gasteiger partial charge in [-0.05, 0) is 36.4 Å². The van der Waals surface area contributed by atoms with Crippen LogP contribution in [0.15, 0.2) is 24.3 Å². The van der Waals surface area contributed by atoms with Crippen LogP contribution in [0.4, 0.5) is 5.69 Å². The molecule has 0 aliphatic heterocycles. The zero-order valence-electron chi connectivity index (χ0n) is 8.32. The second-order valence-corrected chi connectivity index (χ2v) is 4.20. The molecule has 0 radical (unpaired) electrons. The fourth-order valence-corrected chi connectivity index (χ4v) is 1.85. The van der Waals surface area contributed by atoms with E-state index >= 15 is 0 Å². The molecule has 0 fully saturated rings. The van der Waals surface area contributed by atoms with Crippen LogP contribution in [-0.2, 0) is 0 Å². The molecule has 2 nitrogen and oxygen atoms in total. The SMILES string of the molecule is CCCSCC(=O)c1ccc(N)cc1. The van der Waals surface area contributed by atoms with Gasteiger partial charge in [-0.15, -0.1) is 0 Å². The van der Waals surface area contributed by atoms with Gasteiger partial charge in [-0.3, -0.25) is 4.79 Å². The summed E-state index contributed by atoms with van der Waals surface area (Å²) in [5.74, 6) is 1.79. The van der Waals surface area contributed by atoms with Crippen LogP contribution in [0.1, 0.15) is 23.7 Å². The zero-order valence-corrected chi connectivity index (χ0v) is 9.14. The van der Waals surface area contributed by atoms with E-state index in [1.165, 1.54) is 0 Å². The standard InChI is InChI=1S/C11H15NOS/c1-2-7-14-8-11(13)9-3-5-10(12)6-4-9/h3-6H,2,7-8,12H2,1H3. The van der Waals surface area contributed by atoms with Gasteiger partial charge in [0.25, 0.3) is 0 Å². The minimum absolute atomic E-state index is 0.184. The Morgan fingerprint density at radius 3 is 2.57 bits per heavy atom. The molecule has 1 aromatic rings. The smallest absolute Gasteiger partial charge is 0.172 e. The number of hydrogen-bond donors (Lipinski definition) is 1. The normalized spacial score (nSPS) is 10.1. The van der Waals surface area contributed by atoms with Crippen LogP contribution in [0, 0.1) is 0 Å². The van der Waals surface area contributed by atoms with E-state index in [4.69, 9.17) is 5.73 Å². The quantitative estimate of drug-likeness (QED) is 0.460. The van der Waals surface area contributed by atoms with Gasteiger partial charge in [0.15, 0.2) is 5.78 Å². The van der Waals surface area contributed by atoms with E-state index in [1.54, 1.807) is 36.0 Å². The molecule has 0 saturated heterocycles. The molecule has 0 amide bonds. The molecule has 2 N–H and O–H groups in total. The summed E-state index contributed by atoms with van der Waals surface area (Å²) in [6, 6.07) is 7.09. The van der Waals surface area contributed by atoms with Crippen molar-refractivity contribution in [2.24, 2.45) is 0 Å². The molecule has 0 bridgehead atoms. The van der Waals surface area contributed by atoms with Crippen LogP contribution in [0.25, 0.3) is 0 Å². The summed E-state index contributed by atoms with van der Waals surface area (Å²) in [7, 11) is 0. The number of rotatable bonds is 5. The van der Waals surface area contributed by atoms with Crippen molar-refractivity contribution in [2.75, 3.05) is 17.2 Å². The number of carbonyl (C=O) groups excluding carboxylic acids is 1. The van der Waals surface area contributed by atoms with E-state index < -0.39 is 0 Å². The number of carbonyl (C=O) groups is 1. The molecule has 0 unspecified atom stereocenters. The van der Waals surface area contributed by atoms with Crippen molar-refractivity contribution in [1.82, 2.24) is 0 Å². The number of ketones is 1. The molecule has 0 aromatic heterocycles. The molecule has 0 heterocycles. The van der Waals surface area contributed by atoms with Gasteiger partial charge in [-0.1, -0.05) is 6.92 Å². The fourth-order valence-electron chi connectivity index (χ4n) is 1.06. The van der Waals surface area contributed by atoms with E-state index in [9.17, 15) is 4.79 Å². The number of hydrogen-bond acceptors (Lipinski definition) is 3. The van der Waals surface area contributed by atoms with Gasteiger partial charge in [-0.2, -0.15) is 11.8 Å². The van der Waals surface area contributed by atoms with E-state index in [-0.39, 0.29) is 5.78 Å². The summed E-state index contributed by atoms with van der Waals surface area (Å²) in [5.41, 5.74) is 6.98. The summed E-state index contributed by atoms with van der Waals surface area (Å²) in [6.45, 7) is 2.11. The average molecular weight is 209 g/mol. The van der Waals surface area contributed by atoms with Crippen molar-refractivity contribution in [1.29, 1.82) is 0 Å². The lowest BCUT2D eigenvalue weighted by Gasteiger charge is -2.00. The highest BCUT2D eigenvalue weighted by atomic mass is 32.2. The summed E-state index contributed by atoms with van der Waals surface area (Å²) >= 11 is 1.68. The molecule has 0 atom stereocenters. The zero-order chi connectivity index (χ0) is 10.4. The second-order valence-electron chi connectivity index (χ2n) is 3.10. The molecule has 0 aliphatic carbocycles. The van der Waals surface area contributed by atoms with Gasteiger partial charge >= 0.3 is 0 Å². The Kier molecular flexibility index (Phi) is 4.53. The van der Waals surface area contributed by atoms with Gasteiger partial charge in [0.1, 0.15) is 0 Å². The summed E-state index contributed by atoms with van der Waals surface area (Å²) in [4.78, 5) is 11.6. The topological polar surface area (TPSA) is 43.1 Å². The first-order valence-electron chi connectivity index (χ1n) is 4.70. The molecular weight excluding hydrogens is 194 g/mol. The van der Waals surface area contributed by atoms with Crippen molar-refractivity contribution >= 4 is 23.2 Å². The number of thioether (sulfide) groups is 1. The Labute approximate surface area is 88.9 Å². The Bertz CT molecular complexity index is 295. The molecule has 1 aromatic carbocycles. The largest absolute Gasteiger partial charge is 0.399 e. The number of benzene rings is 1. The molecule has 0 spiro atoms. The molecule has 0 saturated carbocycles. The Morgan fingerprint density at radius 2 is 2.00 bits per heavy atom. The van der Waals surface area contributed by atoms with Crippen LogP contribution >= 0.6 is 11.8 Å². The van der Waals surface area contributed by atoms with Crippen LogP contribution < -0.4 is 5.73 Å². The number of nitrogens with two attached hydrogens (primary N) is 1. The van der Waals surface area contributed by atoms with Gasteiger partial charge in [-0.25, -0.2) is 0 Å². The predicted molar refractivity (Wildman–Crippen MR) is 62.8 cm³/mol. The second kappa shape index (κ2) is 5.70. The average Bonchev–Trinajstić information content (AvgIpc) is 2.19. The van der Waals surface area contributed by atoms with Gasteiger partial charge < -0.3 is 5.73 Å². The van der Waals surface area contributed by atoms with Crippen molar-refractivity contribution < 1.29 is 4.79 Å². The minimum atomic E-state index is 0.184. The number of Topliss-reactive ketones (excluding diaryl/α,β-unsaturated/α-hetero) is 1. The highest BCUT2D eigenvalue weighted by Gasteiger charge is 2.04. The first-order chi connectivity index (χ1) is 6.74. The maximum absolute atomic E-state index is 11.6. The highest BCUT2D eigenvalue weighted by Crippen LogP contribution is 2.10. The van der Waals surface area contributed by atoms with Crippen molar-refractivity contribution in [2.45, 2.75) is 13.3 Å². The number of nitrogen functional groups attached to an aromatic ring is 1. The fraction of sp³-hybridized carbons (Fsp3) is 0.364. The minimum Gasteiger partial charge on any atom is -0.399 e. The molecule has 14 heavy (non-hydrogen) atoms. The lowest BCUT2D eigenvalue weighted by Crippen LogP contribution is -2.02. The van der Waals surface area contributed by atoms with Crippen molar-refractivity contribution in [3.63, 3.8) is 0 Å². The number of anilines is 1. The van der Waals surface area contributed by atoms with Crippen LogP contribution in [0.5, 0.6) is 0 Å².